The summed E-state index contributed by atoms with van der Waals surface area (Å²) in [5, 5.41) is 1.20. The first-order valence-corrected chi connectivity index (χ1v) is 11.4. The van der Waals surface area contributed by atoms with Crippen LogP contribution in [0.15, 0.2) is 0 Å². The second-order valence-electron chi connectivity index (χ2n) is 9.15. The molecule has 0 bridgehead atoms. The number of nitrogens with zero attached hydrogens (tertiary/aromatic N) is 3. The predicted octanol–water partition coefficient (Wildman–Crippen LogP) is 3.41. The fourth-order valence-corrected chi connectivity index (χ4v) is 3.81. The molecule has 0 aromatic carbocycles. The average Bonchev–Trinajstić information content (AvgIpc) is 2.70. The molecule has 3 amide bonds. The summed E-state index contributed by atoms with van der Waals surface area (Å²) in [5.74, 6) is 0.395. The number of unbranched alkanes of at least 4 members (excludes halogenated alkanes) is 1. The fourth-order valence-electron chi connectivity index (χ4n) is 3.81. The minimum Gasteiger partial charge on any atom is -0.448 e. The molecule has 30 heavy (non-hydrogen) atoms. The molecule has 2 heterocycles. The molecule has 0 radical (unpaired) electrons. The first-order chi connectivity index (χ1) is 14.2. The summed E-state index contributed by atoms with van der Waals surface area (Å²) in [4.78, 5) is 48.5. The molecule has 8 nitrogen and oxygen atoms in total. The Hall–Kier alpha value is -1.83. The van der Waals surface area contributed by atoms with Gasteiger partial charge in [-0.05, 0) is 31.1 Å². The van der Waals surface area contributed by atoms with Gasteiger partial charge in [-0.15, -0.1) is 0 Å². The van der Waals surface area contributed by atoms with E-state index in [1.54, 1.807) is 9.80 Å². The van der Waals surface area contributed by atoms with Crippen molar-refractivity contribution in [2.45, 2.75) is 92.0 Å². The predicted molar refractivity (Wildman–Crippen MR) is 113 cm³/mol. The van der Waals surface area contributed by atoms with Gasteiger partial charge in [-0.2, -0.15) is 5.06 Å². The molecule has 172 valence electrons. The van der Waals surface area contributed by atoms with Gasteiger partial charge in [-0.3, -0.25) is 14.4 Å². The summed E-state index contributed by atoms with van der Waals surface area (Å²) in [6.45, 7) is 13.2. The summed E-state index contributed by atoms with van der Waals surface area (Å²) in [6.07, 6.45) is 1.58. The molecule has 2 saturated heterocycles. The van der Waals surface area contributed by atoms with E-state index in [1.807, 2.05) is 20.8 Å². The number of piperazine rings is 1. The average molecular weight is 426 g/mol. The van der Waals surface area contributed by atoms with Crippen LogP contribution in [0.3, 0.4) is 0 Å². The number of hydrogen-bond acceptors (Lipinski definition) is 5. The Labute approximate surface area is 180 Å². The van der Waals surface area contributed by atoms with Crippen molar-refractivity contribution in [3.05, 3.63) is 0 Å². The van der Waals surface area contributed by atoms with Gasteiger partial charge in [0.25, 0.3) is 5.91 Å². The van der Waals surface area contributed by atoms with Crippen molar-refractivity contribution in [3.8, 4) is 0 Å². The zero-order valence-electron chi connectivity index (χ0n) is 19.4. The van der Waals surface area contributed by atoms with Gasteiger partial charge in [-0.25, -0.2) is 4.79 Å². The minimum atomic E-state index is -0.785. The number of carbonyl (C=O) groups excluding carboxylic acids is 3. The molecule has 0 saturated carbocycles. The van der Waals surface area contributed by atoms with Crippen LogP contribution in [0.4, 0.5) is 4.79 Å². The first-order valence-electron chi connectivity index (χ1n) is 11.4. The smallest absolute Gasteiger partial charge is 0.436 e. The Bertz CT molecular complexity index is 610. The molecule has 0 aromatic heterocycles. The summed E-state index contributed by atoms with van der Waals surface area (Å²) >= 11 is 0. The lowest BCUT2D eigenvalue weighted by Crippen LogP contribution is -2.73. The molecule has 3 atom stereocenters. The quantitative estimate of drug-likeness (QED) is 0.566. The summed E-state index contributed by atoms with van der Waals surface area (Å²) in [7, 11) is 0. The van der Waals surface area contributed by atoms with Gasteiger partial charge in [0.2, 0.25) is 5.91 Å². The second kappa shape index (κ2) is 11.0. The summed E-state index contributed by atoms with van der Waals surface area (Å²) in [6, 6.07) is -0.568. The van der Waals surface area contributed by atoms with Gasteiger partial charge in [-0.1, -0.05) is 54.4 Å². The minimum absolute atomic E-state index is 0.0269. The zero-order chi connectivity index (χ0) is 22.4. The van der Waals surface area contributed by atoms with Gasteiger partial charge in [0, 0.05) is 6.54 Å². The number of hydrogen-bond donors (Lipinski definition) is 0. The maximum absolute atomic E-state index is 13.3. The van der Waals surface area contributed by atoms with Crippen molar-refractivity contribution in [2.24, 2.45) is 11.8 Å². The van der Waals surface area contributed by atoms with Gasteiger partial charge < -0.3 is 14.5 Å². The van der Waals surface area contributed by atoms with Gasteiger partial charge in [0.1, 0.15) is 6.04 Å². The Kier molecular flexibility index (Phi) is 8.94. The van der Waals surface area contributed by atoms with Crippen LogP contribution < -0.4 is 0 Å². The van der Waals surface area contributed by atoms with E-state index in [0.29, 0.717) is 25.3 Å². The highest BCUT2D eigenvalue weighted by Crippen LogP contribution is 2.31. The van der Waals surface area contributed by atoms with Crippen LogP contribution in [0.25, 0.3) is 0 Å². The van der Waals surface area contributed by atoms with Gasteiger partial charge in [0.05, 0.1) is 13.2 Å². The van der Waals surface area contributed by atoms with Crippen molar-refractivity contribution in [1.82, 2.24) is 14.9 Å². The number of amides is 3. The molecule has 0 aliphatic carbocycles. The van der Waals surface area contributed by atoms with Gasteiger partial charge in [0.15, 0.2) is 12.3 Å². The molecule has 1 unspecified atom stereocenters. The Morgan fingerprint density at radius 2 is 1.83 bits per heavy atom. The van der Waals surface area contributed by atoms with Crippen LogP contribution in [-0.2, 0) is 19.2 Å². The second-order valence-corrected chi connectivity index (χ2v) is 9.15. The number of hydroxylamine groups is 2. The Morgan fingerprint density at radius 1 is 1.13 bits per heavy atom. The van der Waals surface area contributed by atoms with E-state index >= 15 is 0 Å². The van der Waals surface area contributed by atoms with Crippen LogP contribution in [0.5, 0.6) is 0 Å². The van der Waals surface area contributed by atoms with E-state index < -0.39 is 24.4 Å². The number of ether oxygens (including phenoxy) is 1. The summed E-state index contributed by atoms with van der Waals surface area (Å²) in [5.41, 5.74) is 0. The molecule has 0 spiro atoms. The van der Waals surface area contributed by atoms with Crippen LogP contribution in [0, 0.1) is 11.8 Å². The highest BCUT2D eigenvalue weighted by Gasteiger charge is 2.52. The van der Waals surface area contributed by atoms with E-state index in [4.69, 9.17) is 9.57 Å². The molecule has 2 fully saturated rings. The van der Waals surface area contributed by atoms with Crippen molar-refractivity contribution < 1.29 is 24.0 Å². The molecule has 2 aliphatic heterocycles. The maximum Gasteiger partial charge on any atom is 0.436 e. The van der Waals surface area contributed by atoms with E-state index in [9.17, 15) is 14.4 Å². The van der Waals surface area contributed by atoms with E-state index in [-0.39, 0.29) is 30.9 Å². The van der Waals surface area contributed by atoms with Crippen molar-refractivity contribution in [3.63, 3.8) is 0 Å². The third-order valence-corrected chi connectivity index (χ3v) is 5.58. The zero-order valence-corrected chi connectivity index (χ0v) is 19.4. The van der Waals surface area contributed by atoms with Gasteiger partial charge >= 0.3 is 6.09 Å². The Morgan fingerprint density at radius 3 is 2.40 bits per heavy atom. The monoisotopic (exact) mass is 425 g/mol. The standard InChI is InChI=1S/C22H39N3O5/c1-7-9-10-17-20(26)23(12-11-15(3)4)13-19-24(17)21(27)18(8-2)30-25(19)22(28)29-14-16(5)6/h15-19H,7-14H2,1-6H3/t17-,18+,19?/m0/s1. The third kappa shape index (κ3) is 5.65. The molecule has 8 heteroatoms. The molecule has 2 rings (SSSR count). The van der Waals surface area contributed by atoms with Crippen molar-refractivity contribution in [2.75, 3.05) is 19.7 Å². The first kappa shape index (κ1) is 24.4. The molecule has 0 aromatic rings. The number of rotatable bonds is 9. The van der Waals surface area contributed by atoms with E-state index in [2.05, 4.69) is 20.8 Å². The van der Waals surface area contributed by atoms with Crippen LogP contribution in [-0.4, -0.2) is 70.8 Å². The van der Waals surface area contributed by atoms with Crippen molar-refractivity contribution >= 4 is 17.9 Å². The molecule has 2 aliphatic rings. The molecular formula is C22H39N3O5. The van der Waals surface area contributed by atoms with Crippen LogP contribution >= 0.6 is 0 Å². The fraction of sp³-hybridized carbons (Fsp3) is 0.864. The highest BCUT2D eigenvalue weighted by molar-refractivity contribution is 5.92. The third-order valence-electron chi connectivity index (χ3n) is 5.58. The normalized spacial score (nSPS) is 24.7. The topological polar surface area (TPSA) is 79.4 Å². The molecular weight excluding hydrogens is 386 g/mol. The molecule has 0 N–H and O–H groups in total. The lowest BCUT2D eigenvalue weighted by atomic mass is 9.99. The van der Waals surface area contributed by atoms with Crippen molar-refractivity contribution in [1.29, 1.82) is 0 Å². The summed E-state index contributed by atoms with van der Waals surface area (Å²) < 4.78 is 5.42. The lowest BCUT2D eigenvalue weighted by molar-refractivity contribution is -0.267. The van der Waals surface area contributed by atoms with Crippen LogP contribution in [0.2, 0.25) is 0 Å². The Balaban J connectivity index is 2.34. The SMILES string of the molecule is CCCC[C@H]1C(=O)N(CCC(C)C)CC2N(C(=O)OCC(C)C)O[C@H](CC)C(=O)N21. The van der Waals surface area contributed by atoms with E-state index in [1.165, 1.54) is 5.06 Å². The lowest BCUT2D eigenvalue weighted by Gasteiger charge is -2.52. The van der Waals surface area contributed by atoms with Crippen LogP contribution in [0.1, 0.15) is 73.6 Å². The highest BCUT2D eigenvalue weighted by atomic mass is 16.7. The number of carbonyl (C=O) groups is 3. The largest absolute Gasteiger partial charge is 0.448 e. The van der Waals surface area contributed by atoms with E-state index in [0.717, 1.165) is 19.3 Å². The number of fused-ring (bicyclic) bond motifs is 1. The maximum atomic E-state index is 13.3.